The van der Waals surface area contributed by atoms with E-state index in [2.05, 4.69) is 24.1 Å². The summed E-state index contributed by atoms with van der Waals surface area (Å²) in [6.07, 6.45) is 5.01. The lowest BCUT2D eigenvalue weighted by Gasteiger charge is -2.26. The van der Waals surface area contributed by atoms with Crippen molar-refractivity contribution in [3.8, 4) is 0 Å². The molecule has 0 saturated heterocycles. The maximum absolute atomic E-state index is 12.3. The van der Waals surface area contributed by atoms with Gasteiger partial charge in [-0.25, -0.2) is 9.78 Å². The molecule has 0 fully saturated rings. The Balaban J connectivity index is 2.12. The van der Waals surface area contributed by atoms with Crippen molar-refractivity contribution >= 4 is 11.9 Å². The van der Waals surface area contributed by atoms with Crippen molar-refractivity contribution in [1.82, 2.24) is 9.88 Å². The molecule has 25 heavy (non-hydrogen) atoms. The van der Waals surface area contributed by atoms with Gasteiger partial charge in [-0.05, 0) is 38.8 Å². The van der Waals surface area contributed by atoms with E-state index < -0.39 is 5.60 Å². The SMILES string of the molecule is C=CCN(CC=C)c1ccc2c(n1)CCN(C(=O)OC(C)(C)C)CC2. The first kappa shape index (κ1) is 19.0. The molecule has 2 heterocycles. The Kier molecular flexibility index (Phi) is 6.23. The highest BCUT2D eigenvalue weighted by molar-refractivity contribution is 5.68. The molecule has 1 aliphatic heterocycles. The molecule has 1 aromatic rings. The second kappa shape index (κ2) is 8.19. The van der Waals surface area contributed by atoms with Crippen molar-refractivity contribution in [2.75, 3.05) is 31.1 Å². The van der Waals surface area contributed by atoms with E-state index in [0.717, 1.165) is 37.4 Å². The fraction of sp³-hybridized carbons (Fsp3) is 0.500. The molecule has 0 N–H and O–H groups in total. The van der Waals surface area contributed by atoms with E-state index in [0.29, 0.717) is 13.1 Å². The molecule has 0 radical (unpaired) electrons. The van der Waals surface area contributed by atoms with Gasteiger partial charge in [0.15, 0.2) is 0 Å². The molecule has 1 aliphatic rings. The molecular formula is C20H29N3O2. The maximum Gasteiger partial charge on any atom is 0.410 e. The standard InChI is InChI=1S/C20H29N3O2/c1-6-12-22(13-7-2)18-9-8-16-10-14-23(15-11-17(16)21-18)19(24)25-20(3,4)5/h6-9H,1-2,10-15H2,3-5H3. The molecule has 1 aromatic heterocycles. The van der Waals surface area contributed by atoms with Crippen LogP contribution < -0.4 is 4.90 Å². The van der Waals surface area contributed by atoms with Crippen molar-refractivity contribution in [2.24, 2.45) is 0 Å². The van der Waals surface area contributed by atoms with Crippen LogP contribution in [0.5, 0.6) is 0 Å². The van der Waals surface area contributed by atoms with Gasteiger partial charge >= 0.3 is 6.09 Å². The highest BCUT2D eigenvalue weighted by Crippen LogP contribution is 2.20. The third-order valence-electron chi connectivity index (χ3n) is 4.00. The summed E-state index contributed by atoms with van der Waals surface area (Å²) in [4.78, 5) is 21.0. The van der Waals surface area contributed by atoms with Gasteiger partial charge < -0.3 is 14.5 Å². The molecule has 0 atom stereocenters. The zero-order valence-electron chi connectivity index (χ0n) is 15.6. The minimum Gasteiger partial charge on any atom is -0.444 e. The van der Waals surface area contributed by atoms with Gasteiger partial charge in [0.05, 0.1) is 0 Å². The van der Waals surface area contributed by atoms with Crippen LogP contribution in [0.2, 0.25) is 0 Å². The molecule has 0 saturated carbocycles. The number of fused-ring (bicyclic) bond motifs is 1. The summed E-state index contributed by atoms with van der Waals surface area (Å²) in [5.41, 5.74) is 1.78. The quantitative estimate of drug-likeness (QED) is 0.767. The monoisotopic (exact) mass is 343 g/mol. The van der Waals surface area contributed by atoms with E-state index >= 15 is 0 Å². The summed E-state index contributed by atoms with van der Waals surface area (Å²) in [5.74, 6) is 0.921. The number of amides is 1. The maximum atomic E-state index is 12.3. The van der Waals surface area contributed by atoms with Gasteiger partial charge in [0.1, 0.15) is 11.4 Å². The molecule has 0 aliphatic carbocycles. The second-order valence-electron chi connectivity index (χ2n) is 7.22. The molecule has 0 bridgehead atoms. The van der Waals surface area contributed by atoms with Gasteiger partial charge in [0, 0.05) is 38.3 Å². The van der Waals surface area contributed by atoms with E-state index in [9.17, 15) is 4.79 Å². The van der Waals surface area contributed by atoms with Crippen LogP contribution in [0.4, 0.5) is 10.6 Å². The lowest BCUT2D eigenvalue weighted by Crippen LogP contribution is -2.38. The highest BCUT2D eigenvalue weighted by atomic mass is 16.6. The molecule has 5 nitrogen and oxygen atoms in total. The van der Waals surface area contributed by atoms with Crippen molar-refractivity contribution in [3.63, 3.8) is 0 Å². The van der Waals surface area contributed by atoms with Crippen LogP contribution in [0.15, 0.2) is 37.4 Å². The fourth-order valence-corrected chi connectivity index (χ4v) is 2.83. The lowest BCUT2D eigenvalue weighted by atomic mass is 10.1. The van der Waals surface area contributed by atoms with Crippen molar-refractivity contribution < 1.29 is 9.53 Å². The Bertz CT molecular complexity index is 624. The number of carbonyl (C=O) groups excluding carboxylic acids is 1. The number of hydrogen-bond acceptors (Lipinski definition) is 4. The Morgan fingerprint density at radius 2 is 1.88 bits per heavy atom. The first-order chi connectivity index (χ1) is 11.8. The Labute approximate surface area is 151 Å². The van der Waals surface area contributed by atoms with Gasteiger partial charge in [0.25, 0.3) is 0 Å². The third kappa shape index (κ3) is 5.34. The van der Waals surface area contributed by atoms with E-state index in [1.807, 2.05) is 39.0 Å². The zero-order valence-corrected chi connectivity index (χ0v) is 15.6. The van der Waals surface area contributed by atoms with Crippen LogP contribution in [0.1, 0.15) is 32.0 Å². The van der Waals surface area contributed by atoms with Gasteiger partial charge in [-0.3, -0.25) is 0 Å². The van der Waals surface area contributed by atoms with Crippen molar-refractivity contribution in [1.29, 1.82) is 0 Å². The summed E-state index contributed by atoms with van der Waals surface area (Å²) in [6, 6.07) is 4.16. The molecule has 0 aromatic carbocycles. The topological polar surface area (TPSA) is 45.7 Å². The van der Waals surface area contributed by atoms with Gasteiger partial charge in [-0.2, -0.15) is 0 Å². The number of nitrogens with zero attached hydrogens (tertiary/aromatic N) is 3. The van der Waals surface area contributed by atoms with Crippen molar-refractivity contribution in [2.45, 2.75) is 39.2 Å². The number of carbonyl (C=O) groups is 1. The fourth-order valence-electron chi connectivity index (χ4n) is 2.83. The van der Waals surface area contributed by atoms with Crippen LogP contribution in [0.3, 0.4) is 0 Å². The minimum atomic E-state index is -0.475. The number of pyridine rings is 1. The van der Waals surface area contributed by atoms with Crippen LogP contribution in [0, 0.1) is 0 Å². The van der Waals surface area contributed by atoms with Crippen LogP contribution in [0.25, 0.3) is 0 Å². The molecule has 0 spiro atoms. The smallest absolute Gasteiger partial charge is 0.410 e. The number of hydrogen-bond donors (Lipinski definition) is 0. The Morgan fingerprint density at radius 1 is 1.24 bits per heavy atom. The molecule has 2 rings (SSSR count). The van der Waals surface area contributed by atoms with E-state index in [1.54, 1.807) is 4.90 Å². The molecule has 136 valence electrons. The predicted molar refractivity (Wildman–Crippen MR) is 102 cm³/mol. The Morgan fingerprint density at radius 3 is 2.48 bits per heavy atom. The summed E-state index contributed by atoms with van der Waals surface area (Å²) >= 11 is 0. The lowest BCUT2D eigenvalue weighted by molar-refractivity contribution is 0.0258. The van der Waals surface area contributed by atoms with Crippen LogP contribution >= 0.6 is 0 Å². The summed E-state index contributed by atoms with van der Waals surface area (Å²) in [6.45, 7) is 16.0. The summed E-state index contributed by atoms with van der Waals surface area (Å²) < 4.78 is 5.49. The normalized spacial score (nSPS) is 14.3. The van der Waals surface area contributed by atoms with Gasteiger partial charge in [0.2, 0.25) is 0 Å². The first-order valence-corrected chi connectivity index (χ1v) is 8.77. The molecular weight excluding hydrogens is 314 g/mol. The second-order valence-corrected chi connectivity index (χ2v) is 7.22. The predicted octanol–water partition coefficient (Wildman–Crippen LogP) is 3.60. The molecule has 5 heteroatoms. The van der Waals surface area contributed by atoms with Crippen LogP contribution in [-0.4, -0.2) is 47.8 Å². The largest absolute Gasteiger partial charge is 0.444 e. The van der Waals surface area contributed by atoms with Gasteiger partial charge in [-0.15, -0.1) is 13.2 Å². The number of anilines is 1. The highest BCUT2D eigenvalue weighted by Gasteiger charge is 2.24. The molecule has 0 unspecified atom stereocenters. The minimum absolute atomic E-state index is 0.250. The summed E-state index contributed by atoms with van der Waals surface area (Å²) in [5, 5.41) is 0. The number of ether oxygens (including phenoxy) is 1. The van der Waals surface area contributed by atoms with Crippen molar-refractivity contribution in [3.05, 3.63) is 48.7 Å². The number of aromatic nitrogens is 1. The average Bonchev–Trinajstić information content (AvgIpc) is 2.75. The zero-order chi connectivity index (χ0) is 18.4. The third-order valence-corrected chi connectivity index (χ3v) is 4.00. The van der Waals surface area contributed by atoms with E-state index in [-0.39, 0.29) is 6.09 Å². The average molecular weight is 343 g/mol. The first-order valence-electron chi connectivity index (χ1n) is 8.77. The van der Waals surface area contributed by atoms with Crippen LogP contribution in [-0.2, 0) is 17.6 Å². The summed E-state index contributed by atoms with van der Waals surface area (Å²) in [7, 11) is 0. The van der Waals surface area contributed by atoms with E-state index in [4.69, 9.17) is 9.72 Å². The Hall–Kier alpha value is -2.30. The van der Waals surface area contributed by atoms with E-state index in [1.165, 1.54) is 5.56 Å². The number of rotatable bonds is 5. The van der Waals surface area contributed by atoms with Gasteiger partial charge in [-0.1, -0.05) is 18.2 Å². The molecule has 1 amide bonds.